The summed E-state index contributed by atoms with van der Waals surface area (Å²) in [6.45, 7) is 5.30. The number of aliphatic imine (C=N–C) groups is 1. The first kappa shape index (κ1) is 27.0. The Bertz CT molecular complexity index is 538. The van der Waals surface area contributed by atoms with Gasteiger partial charge in [-0.25, -0.2) is 0 Å². The van der Waals surface area contributed by atoms with E-state index in [0.717, 1.165) is 77.1 Å². The van der Waals surface area contributed by atoms with Gasteiger partial charge in [0.05, 0.1) is 7.11 Å². The van der Waals surface area contributed by atoms with Crippen molar-refractivity contribution in [2.24, 2.45) is 10.9 Å². The molecular weight excluding hydrogens is 495 g/mol. The predicted molar refractivity (Wildman–Crippen MR) is 131 cm³/mol. The first-order chi connectivity index (χ1) is 14.1. The Kier molecular flexibility index (Phi) is 14.1. The number of guanidine groups is 1. The van der Waals surface area contributed by atoms with E-state index in [1.54, 1.807) is 0 Å². The van der Waals surface area contributed by atoms with Crippen molar-refractivity contribution in [1.82, 2.24) is 15.5 Å². The van der Waals surface area contributed by atoms with E-state index in [9.17, 15) is 9.59 Å². The molecule has 1 saturated carbocycles. The molecule has 7 nitrogen and oxygen atoms in total. The van der Waals surface area contributed by atoms with Gasteiger partial charge in [0.15, 0.2) is 5.96 Å². The highest BCUT2D eigenvalue weighted by atomic mass is 127. The zero-order valence-electron chi connectivity index (χ0n) is 18.8. The minimum Gasteiger partial charge on any atom is -0.469 e. The van der Waals surface area contributed by atoms with Crippen LogP contribution in [0.25, 0.3) is 0 Å². The van der Waals surface area contributed by atoms with Gasteiger partial charge in [0.2, 0.25) is 5.91 Å². The second-order valence-corrected chi connectivity index (χ2v) is 8.25. The Morgan fingerprint density at radius 2 is 1.80 bits per heavy atom. The second-order valence-electron chi connectivity index (χ2n) is 8.25. The summed E-state index contributed by atoms with van der Waals surface area (Å²) >= 11 is 0. The molecule has 30 heavy (non-hydrogen) atoms. The Labute approximate surface area is 199 Å². The largest absolute Gasteiger partial charge is 0.469 e. The van der Waals surface area contributed by atoms with Gasteiger partial charge in [0, 0.05) is 44.6 Å². The maximum atomic E-state index is 12.7. The number of carbonyl (C=O) groups is 2. The van der Waals surface area contributed by atoms with E-state index in [0.29, 0.717) is 12.3 Å². The predicted octanol–water partition coefficient (Wildman–Crippen LogP) is 3.46. The molecule has 2 fully saturated rings. The zero-order valence-corrected chi connectivity index (χ0v) is 21.1. The topological polar surface area (TPSA) is 83.0 Å². The van der Waals surface area contributed by atoms with Crippen LogP contribution in [-0.4, -0.2) is 62.1 Å². The van der Waals surface area contributed by atoms with E-state index >= 15 is 0 Å². The van der Waals surface area contributed by atoms with Crippen LogP contribution in [-0.2, 0) is 14.3 Å². The molecule has 0 bridgehead atoms. The molecule has 1 heterocycles. The highest BCUT2D eigenvalue weighted by Gasteiger charge is 2.31. The van der Waals surface area contributed by atoms with Gasteiger partial charge in [-0.3, -0.25) is 14.6 Å². The minimum atomic E-state index is -0.130. The molecule has 0 radical (unpaired) electrons. The fraction of sp³-hybridized carbons (Fsp3) is 0.864. The average molecular weight is 536 g/mol. The number of halogens is 1. The molecule has 0 aromatic rings. The molecule has 2 aliphatic rings. The van der Waals surface area contributed by atoms with Crippen molar-refractivity contribution in [3.05, 3.63) is 0 Å². The van der Waals surface area contributed by atoms with Crippen LogP contribution in [0.4, 0.5) is 0 Å². The van der Waals surface area contributed by atoms with Crippen LogP contribution in [0.15, 0.2) is 4.99 Å². The van der Waals surface area contributed by atoms with Crippen LogP contribution >= 0.6 is 24.0 Å². The van der Waals surface area contributed by atoms with Crippen molar-refractivity contribution < 1.29 is 14.3 Å². The third-order valence-corrected chi connectivity index (χ3v) is 5.93. The van der Waals surface area contributed by atoms with Crippen LogP contribution in [0.5, 0.6) is 0 Å². The number of ether oxygens (including phenoxy) is 1. The van der Waals surface area contributed by atoms with Gasteiger partial charge >= 0.3 is 5.97 Å². The first-order valence-corrected chi connectivity index (χ1v) is 11.5. The number of nitrogens with zero attached hydrogens (tertiary/aromatic N) is 2. The fourth-order valence-corrected chi connectivity index (χ4v) is 4.23. The van der Waals surface area contributed by atoms with Crippen molar-refractivity contribution in [1.29, 1.82) is 0 Å². The minimum absolute atomic E-state index is 0. The monoisotopic (exact) mass is 536 g/mol. The van der Waals surface area contributed by atoms with Gasteiger partial charge in [-0.2, -0.15) is 0 Å². The zero-order chi connectivity index (χ0) is 20.9. The quantitative estimate of drug-likeness (QED) is 0.147. The summed E-state index contributed by atoms with van der Waals surface area (Å²) in [6, 6.07) is 0.278. The van der Waals surface area contributed by atoms with Crippen LogP contribution in [0.3, 0.4) is 0 Å². The molecule has 0 spiro atoms. The number of amides is 1. The van der Waals surface area contributed by atoms with E-state index in [2.05, 4.69) is 32.2 Å². The highest BCUT2D eigenvalue weighted by molar-refractivity contribution is 14.0. The lowest BCUT2D eigenvalue weighted by atomic mass is 9.88. The van der Waals surface area contributed by atoms with E-state index in [1.807, 2.05) is 0 Å². The highest BCUT2D eigenvalue weighted by Crippen LogP contribution is 2.26. The molecular formula is C22H41IN4O3. The molecule has 8 heteroatoms. The summed E-state index contributed by atoms with van der Waals surface area (Å²) in [5.41, 5.74) is 0. The molecule has 1 amide bonds. The molecule has 1 aliphatic carbocycles. The lowest BCUT2D eigenvalue weighted by Crippen LogP contribution is -2.45. The Balaban J connectivity index is 0.00000450. The summed E-state index contributed by atoms with van der Waals surface area (Å²) in [7, 11) is 1.43. The smallest absolute Gasteiger partial charge is 0.305 e. The Morgan fingerprint density at radius 3 is 2.50 bits per heavy atom. The van der Waals surface area contributed by atoms with E-state index in [1.165, 1.54) is 26.4 Å². The van der Waals surface area contributed by atoms with E-state index < -0.39 is 0 Å². The average Bonchev–Trinajstić information content (AvgIpc) is 3.21. The number of methoxy groups -OCH3 is 1. The van der Waals surface area contributed by atoms with Gasteiger partial charge in [-0.05, 0) is 39.0 Å². The third kappa shape index (κ3) is 9.83. The summed E-state index contributed by atoms with van der Waals surface area (Å²) in [5, 5.41) is 6.83. The SMILES string of the molecule is CCNC(=NCCCCCCC(=O)OC)NC1CCN(C(=O)C2CCCCC2)C1.I. The normalized spacial score (nSPS) is 19.9. The van der Waals surface area contributed by atoms with Crippen LogP contribution in [0.1, 0.15) is 77.6 Å². The first-order valence-electron chi connectivity index (χ1n) is 11.5. The number of likely N-dealkylation sites (tertiary alicyclic amines) is 1. The van der Waals surface area contributed by atoms with Crippen molar-refractivity contribution in [3.63, 3.8) is 0 Å². The second kappa shape index (κ2) is 15.7. The van der Waals surface area contributed by atoms with Crippen LogP contribution < -0.4 is 10.6 Å². The Morgan fingerprint density at radius 1 is 1.07 bits per heavy atom. The van der Waals surface area contributed by atoms with Crippen molar-refractivity contribution in [2.75, 3.05) is 33.3 Å². The summed E-state index contributed by atoms with van der Waals surface area (Å²) in [6.07, 6.45) is 11.3. The van der Waals surface area contributed by atoms with Gasteiger partial charge < -0.3 is 20.3 Å². The van der Waals surface area contributed by atoms with Crippen molar-refractivity contribution in [2.45, 2.75) is 83.6 Å². The summed E-state index contributed by atoms with van der Waals surface area (Å²) < 4.78 is 4.65. The summed E-state index contributed by atoms with van der Waals surface area (Å²) in [4.78, 5) is 30.6. The maximum Gasteiger partial charge on any atom is 0.305 e. The molecule has 1 aliphatic heterocycles. The Hall–Kier alpha value is -1.06. The summed E-state index contributed by atoms with van der Waals surface area (Å²) in [5.74, 6) is 1.33. The number of carbonyl (C=O) groups excluding carboxylic acids is 2. The van der Waals surface area contributed by atoms with Crippen LogP contribution in [0.2, 0.25) is 0 Å². The van der Waals surface area contributed by atoms with Crippen LogP contribution in [0, 0.1) is 5.92 Å². The van der Waals surface area contributed by atoms with E-state index in [-0.39, 0.29) is 41.9 Å². The maximum absolute atomic E-state index is 12.7. The van der Waals surface area contributed by atoms with Crippen molar-refractivity contribution in [3.8, 4) is 0 Å². The molecule has 2 N–H and O–H groups in total. The lowest BCUT2D eigenvalue weighted by molar-refractivity contribution is -0.140. The number of unbranched alkanes of at least 4 members (excludes halogenated alkanes) is 3. The number of esters is 1. The standard InChI is InChI=1S/C22H40N4O3.HI/c1-3-23-22(24-15-10-5-4-9-13-20(27)29-2)25-19-14-16-26(17-19)21(28)18-11-7-6-8-12-18;/h18-19H,3-17H2,1-2H3,(H2,23,24,25);1H. The van der Waals surface area contributed by atoms with E-state index in [4.69, 9.17) is 0 Å². The van der Waals surface area contributed by atoms with Gasteiger partial charge in [0.25, 0.3) is 0 Å². The molecule has 1 atom stereocenters. The lowest BCUT2D eigenvalue weighted by Gasteiger charge is -2.26. The number of hydrogen-bond donors (Lipinski definition) is 2. The molecule has 0 aromatic carbocycles. The molecule has 174 valence electrons. The number of hydrogen-bond acceptors (Lipinski definition) is 4. The third-order valence-electron chi connectivity index (χ3n) is 5.93. The molecule has 1 unspecified atom stereocenters. The van der Waals surface area contributed by atoms with Crippen molar-refractivity contribution >= 4 is 41.8 Å². The van der Waals surface area contributed by atoms with Gasteiger partial charge in [0.1, 0.15) is 0 Å². The molecule has 0 aromatic heterocycles. The fourth-order valence-electron chi connectivity index (χ4n) is 4.23. The number of nitrogens with one attached hydrogen (secondary N) is 2. The van der Waals surface area contributed by atoms with Gasteiger partial charge in [-0.1, -0.05) is 32.1 Å². The molecule has 1 saturated heterocycles. The number of rotatable bonds is 10. The van der Waals surface area contributed by atoms with Gasteiger partial charge in [-0.15, -0.1) is 24.0 Å². The molecule has 2 rings (SSSR count).